The Kier molecular flexibility index (Phi) is 8.39. The second-order valence-corrected chi connectivity index (χ2v) is 14.2. The average Bonchev–Trinajstić information content (AvgIpc) is 3.86. The quantitative estimate of drug-likeness (QED) is 0.0947. The van der Waals surface area contributed by atoms with Gasteiger partial charge in [-0.25, -0.2) is 4.98 Å². The number of aromatic nitrogens is 6. The van der Waals surface area contributed by atoms with Gasteiger partial charge < -0.3 is 8.97 Å². The zero-order valence-corrected chi connectivity index (χ0v) is 33.0. The summed E-state index contributed by atoms with van der Waals surface area (Å²) in [6.45, 7) is 2.11. The van der Waals surface area contributed by atoms with Crippen LogP contribution in [0.5, 0.6) is 0 Å². The molecular formula is C50H32N6Pt. The van der Waals surface area contributed by atoms with Crippen molar-refractivity contribution in [2.75, 3.05) is 0 Å². The molecule has 7 heteroatoms. The van der Waals surface area contributed by atoms with E-state index in [0.717, 1.165) is 94.3 Å². The molecule has 5 heterocycles. The molecule has 0 unspecified atom stereocenters. The van der Waals surface area contributed by atoms with E-state index in [9.17, 15) is 0 Å². The number of fused-ring (bicyclic) bond motifs is 9. The summed E-state index contributed by atoms with van der Waals surface area (Å²) in [6.07, 6.45) is 3.83. The molecular weight excluding hydrogens is 880 g/mol. The van der Waals surface area contributed by atoms with E-state index in [2.05, 4.69) is 174 Å². The van der Waals surface area contributed by atoms with Gasteiger partial charge in [-0.3, -0.25) is 4.98 Å². The molecule has 0 fully saturated rings. The summed E-state index contributed by atoms with van der Waals surface area (Å²) < 4.78 is 4.39. The van der Waals surface area contributed by atoms with E-state index in [1.807, 2.05) is 30.6 Å². The minimum atomic E-state index is -0.933. The molecule has 0 atom stereocenters. The zero-order chi connectivity index (χ0) is 37.2. The number of benzene rings is 6. The fraction of sp³-hybridized carbons (Fsp3) is 0.0400. The summed E-state index contributed by atoms with van der Waals surface area (Å²) in [6, 6.07) is 64.8. The van der Waals surface area contributed by atoms with Crippen LogP contribution in [0.25, 0.3) is 66.3 Å². The van der Waals surface area contributed by atoms with Crippen LogP contribution in [0.4, 0.5) is 0 Å². The standard InChI is InChI=1S/C50H32N6.Pt/c1-33-16-8-9-21-37(33)48-53-54-49-41-31-46(52-32-42(41)39-23-11-13-25-44(39)56(48)49)50(34-17-4-2-5-18-34,35-19-6-3-7-20-35)36-27-28-40-38-22-10-12-24-43(38)55(45(40)30-36)47-26-14-15-29-51-47;/h2-29,32H,1H3;/q-2;+2. The molecule has 0 amide bonds. The van der Waals surface area contributed by atoms with Crippen molar-refractivity contribution in [3.05, 3.63) is 216 Å². The molecule has 0 saturated carbocycles. The van der Waals surface area contributed by atoms with E-state index in [0.29, 0.717) is 0 Å². The van der Waals surface area contributed by atoms with E-state index in [1.165, 1.54) is 0 Å². The van der Waals surface area contributed by atoms with E-state index < -0.39 is 5.41 Å². The van der Waals surface area contributed by atoms with Crippen LogP contribution in [0.2, 0.25) is 0 Å². The van der Waals surface area contributed by atoms with Crippen molar-refractivity contribution >= 4 is 49.1 Å². The van der Waals surface area contributed by atoms with Gasteiger partial charge in [0.25, 0.3) is 0 Å². The molecule has 0 N–H and O–H groups in total. The molecule has 6 nitrogen and oxygen atoms in total. The summed E-state index contributed by atoms with van der Waals surface area (Å²) in [5, 5.41) is 14.8. The number of pyridine rings is 3. The first kappa shape index (κ1) is 34.7. The zero-order valence-electron chi connectivity index (χ0n) is 30.7. The molecule has 6 aromatic carbocycles. The van der Waals surface area contributed by atoms with Crippen molar-refractivity contribution in [2.24, 2.45) is 0 Å². The first-order valence-corrected chi connectivity index (χ1v) is 18.7. The number of aryl methyl sites for hydroxylation is 1. The van der Waals surface area contributed by atoms with E-state index in [1.54, 1.807) is 0 Å². The number of hydrogen-bond acceptors (Lipinski definition) is 4. The van der Waals surface area contributed by atoms with Gasteiger partial charge in [-0.15, -0.1) is 27.5 Å². The molecule has 0 saturated heterocycles. The Morgan fingerprint density at radius 3 is 1.91 bits per heavy atom. The third-order valence-corrected chi connectivity index (χ3v) is 11.2. The van der Waals surface area contributed by atoms with Gasteiger partial charge in [0.15, 0.2) is 5.82 Å². The minimum absolute atomic E-state index is 0. The molecule has 11 rings (SSSR count). The van der Waals surface area contributed by atoms with Crippen LogP contribution < -0.4 is 0 Å². The molecule has 5 aromatic heterocycles. The number of para-hydroxylation sites is 2. The Morgan fingerprint density at radius 1 is 0.544 bits per heavy atom. The molecule has 0 spiro atoms. The summed E-state index contributed by atoms with van der Waals surface area (Å²) in [7, 11) is 0. The SMILES string of the molecule is Cc1ccccc1-c1nnc2c3[c-]c(C(c4[c-]c5c(cc4)c4ccccc4n5-c4ccccn4)(c4ccccc4)c4ccccc4)ncc3c3ccccc3n12.[Pt+2]. The maximum Gasteiger partial charge on any atom is 2.00 e. The third kappa shape index (κ3) is 5.21. The number of rotatable bonds is 6. The molecule has 0 bridgehead atoms. The molecule has 0 radical (unpaired) electrons. The van der Waals surface area contributed by atoms with Crippen molar-refractivity contribution in [3.8, 4) is 17.2 Å². The monoisotopic (exact) mass is 911 g/mol. The molecule has 0 aliphatic rings. The van der Waals surface area contributed by atoms with Crippen LogP contribution in [-0.2, 0) is 26.5 Å². The number of nitrogens with zero attached hydrogens (tertiary/aromatic N) is 6. The smallest absolute Gasteiger partial charge is 0.330 e. The van der Waals surface area contributed by atoms with Crippen molar-refractivity contribution in [1.82, 2.24) is 29.1 Å². The Bertz CT molecular complexity index is 3230. The summed E-state index contributed by atoms with van der Waals surface area (Å²) >= 11 is 0. The second kappa shape index (κ2) is 13.8. The first-order valence-electron chi connectivity index (χ1n) is 18.7. The van der Waals surface area contributed by atoms with E-state index >= 15 is 0 Å². The van der Waals surface area contributed by atoms with Crippen LogP contribution in [0.3, 0.4) is 0 Å². The van der Waals surface area contributed by atoms with Crippen molar-refractivity contribution in [3.63, 3.8) is 0 Å². The molecule has 0 aliphatic heterocycles. The van der Waals surface area contributed by atoms with E-state index in [4.69, 9.17) is 20.2 Å². The van der Waals surface area contributed by atoms with Crippen molar-refractivity contribution in [2.45, 2.75) is 12.3 Å². The van der Waals surface area contributed by atoms with Gasteiger partial charge in [-0.1, -0.05) is 138 Å². The molecule has 11 aromatic rings. The Morgan fingerprint density at radius 2 is 1.19 bits per heavy atom. The fourth-order valence-corrected chi connectivity index (χ4v) is 8.64. The molecule has 57 heavy (non-hydrogen) atoms. The van der Waals surface area contributed by atoms with E-state index in [-0.39, 0.29) is 21.1 Å². The first-order chi connectivity index (χ1) is 27.7. The van der Waals surface area contributed by atoms with Crippen molar-refractivity contribution < 1.29 is 21.1 Å². The van der Waals surface area contributed by atoms with Crippen LogP contribution >= 0.6 is 0 Å². The van der Waals surface area contributed by atoms with Gasteiger partial charge in [0, 0.05) is 22.8 Å². The maximum absolute atomic E-state index is 5.40. The minimum Gasteiger partial charge on any atom is -0.330 e. The predicted octanol–water partition coefficient (Wildman–Crippen LogP) is 10.9. The maximum atomic E-state index is 5.40. The van der Waals surface area contributed by atoms with Crippen molar-refractivity contribution in [1.29, 1.82) is 0 Å². The molecule has 0 aliphatic carbocycles. The van der Waals surface area contributed by atoms with Crippen LogP contribution in [0, 0.1) is 19.1 Å². The third-order valence-electron chi connectivity index (χ3n) is 11.2. The van der Waals surface area contributed by atoms with Gasteiger partial charge in [0.1, 0.15) is 5.82 Å². The summed E-state index contributed by atoms with van der Waals surface area (Å²) in [4.78, 5) is 10.2. The predicted molar refractivity (Wildman–Crippen MR) is 224 cm³/mol. The topological polar surface area (TPSA) is 60.9 Å². The van der Waals surface area contributed by atoms with Gasteiger partial charge in [-0.05, 0) is 70.5 Å². The van der Waals surface area contributed by atoms with Crippen LogP contribution in [0.15, 0.2) is 176 Å². The second-order valence-electron chi connectivity index (χ2n) is 14.2. The van der Waals surface area contributed by atoms with Crippen LogP contribution in [-0.4, -0.2) is 29.1 Å². The normalized spacial score (nSPS) is 11.8. The van der Waals surface area contributed by atoms with Gasteiger partial charge >= 0.3 is 21.1 Å². The average molecular weight is 912 g/mol. The van der Waals surface area contributed by atoms with Crippen LogP contribution in [0.1, 0.15) is 27.9 Å². The molecule has 272 valence electrons. The summed E-state index contributed by atoms with van der Waals surface area (Å²) in [5.41, 5.74) is 8.74. The Labute approximate surface area is 343 Å². The van der Waals surface area contributed by atoms with Gasteiger partial charge in [-0.2, -0.15) is 23.3 Å². The Hall–Kier alpha value is -6.75. The largest absolute Gasteiger partial charge is 2.00 e. The fourth-order valence-electron chi connectivity index (χ4n) is 8.64. The summed E-state index contributed by atoms with van der Waals surface area (Å²) in [5.74, 6) is 1.62. The van der Waals surface area contributed by atoms with Gasteiger partial charge in [0.05, 0.1) is 11.1 Å². The Balaban J connectivity index is 0.00000396. The number of hydrogen-bond donors (Lipinski definition) is 0. The van der Waals surface area contributed by atoms with Gasteiger partial charge in [0.2, 0.25) is 0 Å².